The number of carbonyl (C=O) groups excluding carboxylic acids is 2. The van der Waals surface area contributed by atoms with Crippen molar-refractivity contribution >= 4 is 12.0 Å². The van der Waals surface area contributed by atoms with Crippen molar-refractivity contribution in [1.82, 2.24) is 10.2 Å². The standard InChI is InChI=1S/C36H40F4N2O6/c1-35(2,3)48-34(44)41-28-19-29(46-21-30(28)47-31(36(38,39)40)22-45-20-23-9-5-4-6-10-23)33(43)42-18-17-24-11-7-8-12-27(24)32(42)25-13-15-26(37)16-14-25/h4-16,28-32H,17-22H2,1-3H3,(H,41,44)/t28-,29+,30-,31-,32-/m0/s1. The fourth-order valence-corrected chi connectivity index (χ4v) is 5.97. The summed E-state index contributed by atoms with van der Waals surface area (Å²) in [6.07, 6.45) is -9.98. The van der Waals surface area contributed by atoms with E-state index in [1.807, 2.05) is 24.3 Å². The van der Waals surface area contributed by atoms with Crippen LogP contribution in [0.25, 0.3) is 0 Å². The van der Waals surface area contributed by atoms with Crippen LogP contribution >= 0.6 is 0 Å². The smallest absolute Gasteiger partial charge is 0.416 e. The summed E-state index contributed by atoms with van der Waals surface area (Å²) in [6, 6.07) is 20.7. The van der Waals surface area contributed by atoms with Crippen molar-refractivity contribution in [2.24, 2.45) is 0 Å². The molecular formula is C36H40F4N2O6. The van der Waals surface area contributed by atoms with Crippen molar-refractivity contribution in [2.45, 2.75) is 82.4 Å². The van der Waals surface area contributed by atoms with E-state index < -0.39 is 73.2 Å². The molecule has 12 heteroatoms. The minimum atomic E-state index is -4.79. The predicted octanol–water partition coefficient (Wildman–Crippen LogP) is 6.51. The molecule has 2 heterocycles. The van der Waals surface area contributed by atoms with Gasteiger partial charge in [0.15, 0.2) is 6.10 Å². The molecule has 0 saturated carbocycles. The van der Waals surface area contributed by atoms with E-state index in [0.29, 0.717) is 24.1 Å². The molecule has 0 unspecified atom stereocenters. The quantitative estimate of drug-likeness (QED) is 0.261. The molecule has 5 atom stereocenters. The summed E-state index contributed by atoms with van der Waals surface area (Å²) in [6.45, 7) is 4.05. The summed E-state index contributed by atoms with van der Waals surface area (Å²) < 4.78 is 78.6. The highest BCUT2D eigenvalue weighted by Gasteiger charge is 2.47. The van der Waals surface area contributed by atoms with Gasteiger partial charge in [-0.25, -0.2) is 9.18 Å². The number of nitrogens with one attached hydrogen (secondary N) is 1. The Morgan fingerprint density at radius 3 is 2.35 bits per heavy atom. The molecule has 0 aliphatic carbocycles. The Kier molecular flexibility index (Phi) is 11.1. The maximum Gasteiger partial charge on any atom is 0.416 e. The highest BCUT2D eigenvalue weighted by Crippen LogP contribution is 2.37. The zero-order valence-corrected chi connectivity index (χ0v) is 27.0. The molecular weight excluding hydrogens is 632 g/mol. The van der Waals surface area contributed by atoms with E-state index in [1.54, 1.807) is 68.1 Å². The van der Waals surface area contributed by atoms with Gasteiger partial charge in [-0.15, -0.1) is 0 Å². The van der Waals surface area contributed by atoms with Gasteiger partial charge in [0.25, 0.3) is 5.91 Å². The molecule has 1 saturated heterocycles. The number of alkyl halides is 3. The van der Waals surface area contributed by atoms with Crippen molar-refractivity contribution < 1.29 is 46.1 Å². The van der Waals surface area contributed by atoms with Gasteiger partial charge in [0.05, 0.1) is 31.9 Å². The Labute approximate surface area is 277 Å². The highest BCUT2D eigenvalue weighted by atomic mass is 19.4. The van der Waals surface area contributed by atoms with E-state index in [0.717, 1.165) is 11.1 Å². The van der Waals surface area contributed by atoms with E-state index in [2.05, 4.69) is 5.32 Å². The van der Waals surface area contributed by atoms with E-state index in [-0.39, 0.29) is 13.0 Å². The lowest BCUT2D eigenvalue weighted by atomic mass is 9.87. The first-order valence-corrected chi connectivity index (χ1v) is 15.9. The summed E-state index contributed by atoms with van der Waals surface area (Å²) >= 11 is 0. The van der Waals surface area contributed by atoms with E-state index in [9.17, 15) is 27.2 Å². The molecule has 3 aromatic carbocycles. The molecule has 3 aromatic rings. The van der Waals surface area contributed by atoms with Gasteiger partial charge in [-0.3, -0.25) is 4.79 Å². The van der Waals surface area contributed by atoms with Crippen LogP contribution in [0.3, 0.4) is 0 Å². The lowest BCUT2D eigenvalue weighted by molar-refractivity contribution is -0.259. The number of carbonyl (C=O) groups is 2. The number of benzene rings is 3. The number of nitrogens with zero attached hydrogens (tertiary/aromatic N) is 1. The third-order valence-electron chi connectivity index (χ3n) is 8.19. The average molecular weight is 673 g/mol. The van der Waals surface area contributed by atoms with Crippen LogP contribution in [-0.4, -0.2) is 72.8 Å². The van der Waals surface area contributed by atoms with Crippen molar-refractivity contribution in [3.05, 3.63) is 107 Å². The number of hydrogen-bond acceptors (Lipinski definition) is 6. The summed E-state index contributed by atoms with van der Waals surface area (Å²) in [5.74, 6) is -0.826. The Bertz CT molecular complexity index is 1530. The summed E-state index contributed by atoms with van der Waals surface area (Å²) in [7, 11) is 0. The molecule has 0 aromatic heterocycles. The van der Waals surface area contributed by atoms with Crippen LogP contribution in [0.2, 0.25) is 0 Å². The van der Waals surface area contributed by atoms with Crippen LogP contribution < -0.4 is 5.32 Å². The number of ether oxygens (including phenoxy) is 4. The number of rotatable bonds is 9. The zero-order valence-electron chi connectivity index (χ0n) is 27.0. The average Bonchev–Trinajstić information content (AvgIpc) is 3.03. The SMILES string of the molecule is CC(C)(C)OC(=O)N[C@H]1C[C@H](C(=O)N2CCc3ccccc3[C@@H]2c2ccc(F)cc2)OC[C@@H]1O[C@@H](COCc1ccccc1)C(F)(F)F. The van der Waals surface area contributed by atoms with Gasteiger partial charge in [-0.2, -0.15) is 13.2 Å². The first-order chi connectivity index (χ1) is 22.8. The van der Waals surface area contributed by atoms with Gasteiger partial charge in [0, 0.05) is 13.0 Å². The van der Waals surface area contributed by atoms with Gasteiger partial charge in [-0.05, 0) is 61.6 Å². The summed E-state index contributed by atoms with van der Waals surface area (Å²) in [5, 5.41) is 2.63. The maximum atomic E-state index is 14.2. The Morgan fingerprint density at radius 2 is 1.67 bits per heavy atom. The van der Waals surface area contributed by atoms with Crippen molar-refractivity contribution in [2.75, 3.05) is 19.8 Å². The first-order valence-electron chi connectivity index (χ1n) is 15.9. The Balaban J connectivity index is 1.35. The normalized spacial score (nSPS) is 22.0. The maximum absolute atomic E-state index is 14.2. The topological polar surface area (TPSA) is 86.3 Å². The second-order valence-corrected chi connectivity index (χ2v) is 13.0. The van der Waals surface area contributed by atoms with Gasteiger partial charge in [0.1, 0.15) is 23.6 Å². The number of amides is 2. The van der Waals surface area contributed by atoms with Gasteiger partial charge < -0.3 is 29.2 Å². The van der Waals surface area contributed by atoms with Gasteiger partial charge >= 0.3 is 12.3 Å². The minimum Gasteiger partial charge on any atom is -0.444 e. The molecule has 5 rings (SSSR count). The van der Waals surface area contributed by atoms with Gasteiger partial charge in [0.2, 0.25) is 0 Å². The molecule has 1 N–H and O–H groups in total. The third-order valence-corrected chi connectivity index (χ3v) is 8.19. The van der Waals surface area contributed by atoms with Crippen LogP contribution in [-0.2, 0) is 36.8 Å². The van der Waals surface area contributed by atoms with Crippen LogP contribution in [0, 0.1) is 5.82 Å². The molecule has 1 fully saturated rings. The van der Waals surface area contributed by atoms with Crippen LogP contribution in [0.15, 0.2) is 78.9 Å². The molecule has 2 amide bonds. The second kappa shape index (κ2) is 15.0. The number of hydrogen-bond donors (Lipinski definition) is 1. The predicted molar refractivity (Wildman–Crippen MR) is 168 cm³/mol. The molecule has 0 bridgehead atoms. The molecule has 2 aliphatic heterocycles. The molecule has 8 nitrogen and oxygen atoms in total. The lowest BCUT2D eigenvalue weighted by Gasteiger charge is -2.42. The van der Waals surface area contributed by atoms with E-state index in [4.69, 9.17) is 18.9 Å². The molecule has 0 radical (unpaired) electrons. The lowest BCUT2D eigenvalue weighted by Crippen LogP contribution is -2.58. The van der Waals surface area contributed by atoms with Crippen molar-refractivity contribution in [3.8, 4) is 0 Å². The van der Waals surface area contributed by atoms with E-state index >= 15 is 0 Å². The molecule has 48 heavy (non-hydrogen) atoms. The third kappa shape index (κ3) is 9.12. The van der Waals surface area contributed by atoms with Gasteiger partial charge in [-0.1, -0.05) is 66.7 Å². The molecule has 2 aliphatic rings. The highest BCUT2D eigenvalue weighted by molar-refractivity contribution is 5.82. The van der Waals surface area contributed by atoms with E-state index in [1.165, 1.54) is 12.1 Å². The fourth-order valence-electron chi connectivity index (χ4n) is 5.97. The number of alkyl carbamates (subject to hydrolysis) is 1. The van der Waals surface area contributed by atoms with Crippen molar-refractivity contribution in [3.63, 3.8) is 0 Å². The van der Waals surface area contributed by atoms with Crippen LogP contribution in [0.5, 0.6) is 0 Å². The van der Waals surface area contributed by atoms with Crippen LogP contribution in [0.1, 0.15) is 55.5 Å². The number of halogens is 4. The second-order valence-electron chi connectivity index (χ2n) is 13.0. The first kappa shape index (κ1) is 35.3. The fraction of sp³-hybridized carbons (Fsp3) is 0.444. The monoisotopic (exact) mass is 672 g/mol. The molecule has 0 spiro atoms. The van der Waals surface area contributed by atoms with Crippen LogP contribution in [0.4, 0.5) is 22.4 Å². The minimum absolute atomic E-state index is 0.0533. The Hall–Kier alpha value is -4.00. The Morgan fingerprint density at radius 1 is 0.979 bits per heavy atom. The zero-order chi connectivity index (χ0) is 34.5. The number of fused-ring (bicyclic) bond motifs is 1. The summed E-state index contributed by atoms with van der Waals surface area (Å²) in [5.41, 5.74) is 2.44. The van der Waals surface area contributed by atoms with Crippen molar-refractivity contribution in [1.29, 1.82) is 0 Å². The molecule has 258 valence electrons. The summed E-state index contributed by atoms with van der Waals surface area (Å²) in [4.78, 5) is 28.7. The largest absolute Gasteiger partial charge is 0.444 e.